The lowest BCUT2D eigenvalue weighted by molar-refractivity contribution is -0.120. The number of hydrogen-bond donors (Lipinski definition) is 1. The van der Waals surface area contributed by atoms with Gasteiger partial charge in [-0.25, -0.2) is 0 Å². The van der Waals surface area contributed by atoms with Crippen LogP contribution in [0, 0.1) is 5.92 Å². The number of carbonyl (C=O) groups is 1. The molecule has 0 atom stereocenters. The highest BCUT2D eigenvalue weighted by atomic mass is 35.5. The van der Waals surface area contributed by atoms with Gasteiger partial charge >= 0.3 is 0 Å². The number of methoxy groups -OCH3 is 1. The molecule has 0 fully saturated rings. The Morgan fingerprint density at radius 1 is 1.44 bits per heavy atom. The maximum absolute atomic E-state index is 11.7. The SMILES string of the molecule is COc1ccc(CC(=O)NCCC(C)C)cc1Cl. The van der Waals surface area contributed by atoms with E-state index >= 15 is 0 Å². The zero-order valence-corrected chi connectivity index (χ0v) is 11.9. The average Bonchev–Trinajstić information content (AvgIpc) is 2.28. The van der Waals surface area contributed by atoms with Crippen molar-refractivity contribution in [2.75, 3.05) is 13.7 Å². The van der Waals surface area contributed by atoms with Crippen LogP contribution in [0.25, 0.3) is 0 Å². The van der Waals surface area contributed by atoms with Crippen LogP contribution in [0.1, 0.15) is 25.8 Å². The van der Waals surface area contributed by atoms with Gasteiger partial charge in [0.1, 0.15) is 5.75 Å². The van der Waals surface area contributed by atoms with Crippen LogP contribution in [0.4, 0.5) is 0 Å². The van der Waals surface area contributed by atoms with E-state index in [0.29, 0.717) is 23.1 Å². The van der Waals surface area contributed by atoms with E-state index in [9.17, 15) is 4.79 Å². The lowest BCUT2D eigenvalue weighted by atomic mass is 10.1. The number of nitrogens with one attached hydrogen (secondary N) is 1. The molecule has 0 aliphatic rings. The van der Waals surface area contributed by atoms with Crippen molar-refractivity contribution in [3.05, 3.63) is 28.8 Å². The van der Waals surface area contributed by atoms with E-state index in [1.165, 1.54) is 0 Å². The predicted octanol–water partition coefficient (Wildman–Crippen LogP) is 3.05. The first-order valence-corrected chi connectivity index (χ1v) is 6.50. The van der Waals surface area contributed by atoms with E-state index in [-0.39, 0.29) is 5.91 Å². The van der Waals surface area contributed by atoms with Gasteiger partial charge in [-0.2, -0.15) is 0 Å². The van der Waals surface area contributed by atoms with Crippen molar-refractivity contribution in [3.63, 3.8) is 0 Å². The number of amides is 1. The van der Waals surface area contributed by atoms with Crippen LogP contribution in [-0.2, 0) is 11.2 Å². The van der Waals surface area contributed by atoms with E-state index < -0.39 is 0 Å². The molecule has 18 heavy (non-hydrogen) atoms. The first kappa shape index (κ1) is 14.8. The van der Waals surface area contributed by atoms with Crippen molar-refractivity contribution in [1.82, 2.24) is 5.32 Å². The number of benzene rings is 1. The first-order chi connectivity index (χ1) is 8.52. The standard InChI is InChI=1S/C14H20ClNO2/c1-10(2)6-7-16-14(17)9-11-4-5-13(18-3)12(15)8-11/h4-5,8,10H,6-7,9H2,1-3H3,(H,16,17). The van der Waals surface area contributed by atoms with Crippen LogP contribution in [0.3, 0.4) is 0 Å². The Morgan fingerprint density at radius 2 is 2.17 bits per heavy atom. The van der Waals surface area contributed by atoms with Gasteiger partial charge in [-0.1, -0.05) is 31.5 Å². The first-order valence-electron chi connectivity index (χ1n) is 6.12. The van der Waals surface area contributed by atoms with Crippen LogP contribution < -0.4 is 10.1 Å². The Hall–Kier alpha value is -1.22. The van der Waals surface area contributed by atoms with Crippen LogP contribution >= 0.6 is 11.6 Å². The third-order valence-corrected chi connectivity index (χ3v) is 2.92. The van der Waals surface area contributed by atoms with Crippen molar-refractivity contribution in [1.29, 1.82) is 0 Å². The van der Waals surface area contributed by atoms with Crippen molar-refractivity contribution >= 4 is 17.5 Å². The third-order valence-electron chi connectivity index (χ3n) is 2.62. The molecule has 0 aliphatic heterocycles. The van der Waals surface area contributed by atoms with Gasteiger partial charge in [-0.05, 0) is 30.0 Å². The highest BCUT2D eigenvalue weighted by Gasteiger charge is 2.06. The van der Waals surface area contributed by atoms with Gasteiger partial charge in [0.25, 0.3) is 0 Å². The molecule has 1 N–H and O–H groups in total. The largest absolute Gasteiger partial charge is 0.495 e. The topological polar surface area (TPSA) is 38.3 Å². The van der Waals surface area contributed by atoms with E-state index in [1.807, 2.05) is 6.07 Å². The fourth-order valence-electron chi connectivity index (χ4n) is 1.57. The quantitative estimate of drug-likeness (QED) is 0.862. The van der Waals surface area contributed by atoms with E-state index in [0.717, 1.165) is 18.5 Å². The Morgan fingerprint density at radius 3 is 2.72 bits per heavy atom. The van der Waals surface area contributed by atoms with Crippen molar-refractivity contribution < 1.29 is 9.53 Å². The summed E-state index contributed by atoms with van der Waals surface area (Å²) in [4.78, 5) is 11.7. The second kappa shape index (κ2) is 7.27. The molecule has 0 saturated carbocycles. The van der Waals surface area contributed by atoms with Gasteiger partial charge < -0.3 is 10.1 Å². The number of hydrogen-bond acceptors (Lipinski definition) is 2. The van der Waals surface area contributed by atoms with Gasteiger partial charge in [0, 0.05) is 6.54 Å². The highest BCUT2D eigenvalue weighted by Crippen LogP contribution is 2.24. The Balaban J connectivity index is 2.47. The van der Waals surface area contributed by atoms with Gasteiger partial charge in [0.2, 0.25) is 5.91 Å². The van der Waals surface area contributed by atoms with Gasteiger partial charge in [0.15, 0.2) is 0 Å². The zero-order chi connectivity index (χ0) is 13.5. The van der Waals surface area contributed by atoms with E-state index in [4.69, 9.17) is 16.3 Å². The van der Waals surface area contributed by atoms with E-state index in [2.05, 4.69) is 19.2 Å². The molecule has 1 aromatic carbocycles. The summed E-state index contributed by atoms with van der Waals surface area (Å²) in [6, 6.07) is 5.40. The summed E-state index contributed by atoms with van der Waals surface area (Å²) in [7, 11) is 1.57. The molecule has 0 radical (unpaired) electrons. The fraction of sp³-hybridized carbons (Fsp3) is 0.500. The molecule has 0 aromatic heterocycles. The minimum atomic E-state index is 0.0249. The second-order valence-corrected chi connectivity index (χ2v) is 5.09. The van der Waals surface area contributed by atoms with Crippen LogP contribution in [0.15, 0.2) is 18.2 Å². The summed E-state index contributed by atoms with van der Waals surface area (Å²) < 4.78 is 5.06. The average molecular weight is 270 g/mol. The minimum Gasteiger partial charge on any atom is -0.495 e. The van der Waals surface area contributed by atoms with Crippen molar-refractivity contribution in [2.24, 2.45) is 5.92 Å². The minimum absolute atomic E-state index is 0.0249. The summed E-state index contributed by atoms with van der Waals surface area (Å²) in [5.41, 5.74) is 0.892. The summed E-state index contributed by atoms with van der Waals surface area (Å²) >= 11 is 6.00. The van der Waals surface area contributed by atoms with Gasteiger partial charge in [0.05, 0.1) is 18.6 Å². The number of carbonyl (C=O) groups excluding carboxylic acids is 1. The number of ether oxygens (including phenoxy) is 1. The molecule has 0 unspecified atom stereocenters. The molecule has 1 rings (SSSR count). The summed E-state index contributed by atoms with van der Waals surface area (Å²) in [5, 5.41) is 3.43. The van der Waals surface area contributed by atoms with Crippen LogP contribution in [0.5, 0.6) is 5.75 Å². The van der Waals surface area contributed by atoms with Crippen LogP contribution in [-0.4, -0.2) is 19.6 Å². The van der Waals surface area contributed by atoms with Crippen LogP contribution in [0.2, 0.25) is 5.02 Å². The molecule has 0 bridgehead atoms. The maximum atomic E-state index is 11.7. The number of rotatable bonds is 6. The fourth-order valence-corrected chi connectivity index (χ4v) is 1.85. The molecule has 0 heterocycles. The lowest BCUT2D eigenvalue weighted by Crippen LogP contribution is -2.26. The molecular formula is C14H20ClNO2. The molecule has 0 spiro atoms. The molecule has 1 aromatic rings. The molecular weight excluding hydrogens is 250 g/mol. The molecule has 4 heteroatoms. The molecule has 1 amide bonds. The van der Waals surface area contributed by atoms with E-state index in [1.54, 1.807) is 19.2 Å². The maximum Gasteiger partial charge on any atom is 0.224 e. The summed E-state index contributed by atoms with van der Waals surface area (Å²) in [5.74, 6) is 1.25. The number of halogens is 1. The second-order valence-electron chi connectivity index (χ2n) is 4.68. The van der Waals surface area contributed by atoms with Crippen molar-refractivity contribution in [3.8, 4) is 5.75 Å². The Labute approximate surface area is 113 Å². The summed E-state index contributed by atoms with van der Waals surface area (Å²) in [6.07, 6.45) is 1.34. The van der Waals surface area contributed by atoms with Gasteiger partial charge in [-0.15, -0.1) is 0 Å². The molecule has 100 valence electrons. The monoisotopic (exact) mass is 269 g/mol. The molecule has 0 aliphatic carbocycles. The lowest BCUT2D eigenvalue weighted by Gasteiger charge is -2.08. The molecule has 3 nitrogen and oxygen atoms in total. The summed E-state index contributed by atoms with van der Waals surface area (Å²) in [6.45, 7) is 4.99. The zero-order valence-electron chi connectivity index (χ0n) is 11.1. The van der Waals surface area contributed by atoms with Gasteiger partial charge in [-0.3, -0.25) is 4.79 Å². The highest BCUT2D eigenvalue weighted by molar-refractivity contribution is 6.32. The van der Waals surface area contributed by atoms with Crippen molar-refractivity contribution in [2.45, 2.75) is 26.7 Å². The smallest absolute Gasteiger partial charge is 0.224 e. The third kappa shape index (κ3) is 4.96. The Kier molecular flexibility index (Phi) is 5.99. The Bertz CT molecular complexity index is 405. The predicted molar refractivity (Wildman–Crippen MR) is 74.2 cm³/mol. The normalized spacial score (nSPS) is 10.5. The molecule has 0 saturated heterocycles.